The van der Waals surface area contributed by atoms with Gasteiger partial charge in [-0.1, -0.05) is 25.5 Å². The second kappa shape index (κ2) is 9.05. The fraction of sp³-hybridized carbons (Fsp3) is 0.409. The number of halogens is 1. The molecule has 2 aromatic rings. The number of aryl methyl sites for hydroxylation is 1. The summed E-state index contributed by atoms with van der Waals surface area (Å²) in [5, 5.41) is 2.97. The van der Waals surface area contributed by atoms with Crippen LogP contribution in [0.15, 0.2) is 47.4 Å². The standard InChI is InChI=1S/C22H27FN2O3S/c1-3-19-6-4-5-13-25(19)29(27,28)20-11-9-18(10-12-20)24-15-22(26)17-8-7-16(2)21(23)14-17/h7-12,14,19,24H,3-6,13,15H2,1-2H3. The van der Waals surface area contributed by atoms with E-state index in [1.54, 1.807) is 47.6 Å². The highest BCUT2D eigenvalue weighted by atomic mass is 32.2. The zero-order valence-electron chi connectivity index (χ0n) is 16.8. The third-order valence-electron chi connectivity index (χ3n) is 5.45. The smallest absolute Gasteiger partial charge is 0.243 e. The molecule has 1 N–H and O–H groups in total. The fourth-order valence-corrected chi connectivity index (χ4v) is 5.40. The number of benzene rings is 2. The van der Waals surface area contributed by atoms with Crippen LogP contribution in [0.1, 0.15) is 48.5 Å². The van der Waals surface area contributed by atoms with E-state index in [1.807, 2.05) is 6.92 Å². The Balaban J connectivity index is 1.66. The third kappa shape index (κ3) is 4.85. The van der Waals surface area contributed by atoms with Crippen LogP contribution >= 0.6 is 0 Å². The first kappa shape index (κ1) is 21.5. The first-order valence-corrected chi connectivity index (χ1v) is 11.4. The van der Waals surface area contributed by atoms with Crippen LogP contribution in [0.3, 0.4) is 0 Å². The van der Waals surface area contributed by atoms with Gasteiger partial charge >= 0.3 is 0 Å². The highest BCUT2D eigenvalue weighted by Crippen LogP contribution is 2.27. The van der Waals surface area contributed by atoms with E-state index in [0.29, 0.717) is 23.4 Å². The van der Waals surface area contributed by atoms with Crippen LogP contribution < -0.4 is 5.32 Å². The molecule has 0 aromatic heterocycles. The SMILES string of the molecule is CCC1CCCCN1S(=O)(=O)c1ccc(NCC(=O)c2ccc(C)c(F)c2)cc1. The average molecular weight is 419 g/mol. The zero-order chi connectivity index (χ0) is 21.0. The van der Waals surface area contributed by atoms with E-state index in [0.717, 1.165) is 25.7 Å². The Kier molecular flexibility index (Phi) is 6.70. The molecule has 0 amide bonds. The van der Waals surface area contributed by atoms with Gasteiger partial charge in [0, 0.05) is 23.8 Å². The van der Waals surface area contributed by atoms with Crippen molar-refractivity contribution in [2.75, 3.05) is 18.4 Å². The van der Waals surface area contributed by atoms with Gasteiger partial charge in [-0.3, -0.25) is 4.79 Å². The lowest BCUT2D eigenvalue weighted by atomic mass is 10.0. The predicted octanol–water partition coefficient (Wildman–Crippen LogP) is 4.38. The molecule has 1 unspecified atom stereocenters. The van der Waals surface area contributed by atoms with Gasteiger partial charge in [0.2, 0.25) is 10.0 Å². The first-order valence-electron chi connectivity index (χ1n) is 9.98. The van der Waals surface area contributed by atoms with Crippen LogP contribution in [0.25, 0.3) is 0 Å². The Hall–Kier alpha value is -2.25. The van der Waals surface area contributed by atoms with Gasteiger partial charge in [0.15, 0.2) is 5.78 Å². The van der Waals surface area contributed by atoms with Gasteiger partial charge < -0.3 is 5.32 Å². The summed E-state index contributed by atoms with van der Waals surface area (Å²) in [6.45, 7) is 4.22. The molecular weight excluding hydrogens is 391 g/mol. The summed E-state index contributed by atoms with van der Waals surface area (Å²) in [7, 11) is -3.53. The summed E-state index contributed by atoms with van der Waals surface area (Å²) >= 11 is 0. The lowest BCUT2D eigenvalue weighted by Crippen LogP contribution is -2.43. The van der Waals surface area contributed by atoms with Crippen LogP contribution in [0.4, 0.5) is 10.1 Å². The van der Waals surface area contributed by atoms with Crippen LogP contribution in [-0.2, 0) is 10.0 Å². The normalized spacial score (nSPS) is 17.8. The minimum atomic E-state index is -3.53. The van der Waals surface area contributed by atoms with Crippen molar-refractivity contribution in [3.63, 3.8) is 0 Å². The van der Waals surface area contributed by atoms with Crippen molar-refractivity contribution in [3.8, 4) is 0 Å². The van der Waals surface area contributed by atoms with E-state index < -0.39 is 15.8 Å². The molecule has 1 aliphatic heterocycles. The van der Waals surface area contributed by atoms with Crippen molar-refractivity contribution in [3.05, 3.63) is 59.4 Å². The van der Waals surface area contributed by atoms with Crippen molar-refractivity contribution in [2.45, 2.75) is 50.5 Å². The van der Waals surface area contributed by atoms with Crippen LogP contribution in [-0.4, -0.2) is 37.6 Å². The van der Waals surface area contributed by atoms with E-state index in [-0.39, 0.29) is 23.3 Å². The molecule has 2 aromatic carbocycles. The van der Waals surface area contributed by atoms with Crippen molar-refractivity contribution >= 4 is 21.5 Å². The molecule has 29 heavy (non-hydrogen) atoms. The molecule has 1 heterocycles. The molecule has 1 saturated heterocycles. The second-order valence-corrected chi connectivity index (χ2v) is 9.33. The summed E-state index contributed by atoms with van der Waals surface area (Å²) in [4.78, 5) is 12.5. The van der Waals surface area contributed by atoms with E-state index in [1.165, 1.54) is 6.07 Å². The molecule has 0 bridgehead atoms. The number of nitrogens with zero attached hydrogens (tertiary/aromatic N) is 1. The molecule has 0 spiro atoms. The molecule has 5 nitrogen and oxygen atoms in total. The molecule has 3 rings (SSSR count). The topological polar surface area (TPSA) is 66.5 Å². The van der Waals surface area contributed by atoms with E-state index >= 15 is 0 Å². The van der Waals surface area contributed by atoms with Gasteiger partial charge in [-0.05, 0) is 62.1 Å². The molecule has 7 heteroatoms. The summed E-state index contributed by atoms with van der Waals surface area (Å²) in [5.41, 5.74) is 1.43. The first-order chi connectivity index (χ1) is 13.8. The number of rotatable bonds is 7. The number of hydrogen-bond acceptors (Lipinski definition) is 4. The molecule has 0 radical (unpaired) electrons. The summed E-state index contributed by atoms with van der Waals surface area (Å²) in [5.74, 6) is -0.645. The Morgan fingerprint density at radius 2 is 1.90 bits per heavy atom. The zero-order valence-corrected chi connectivity index (χ0v) is 17.6. The minimum absolute atomic E-state index is 0.00136. The Labute approximate surface area is 172 Å². The number of Topliss-reactive ketones (excluding diaryl/α,β-unsaturated/α-hetero) is 1. The number of hydrogen-bond donors (Lipinski definition) is 1. The summed E-state index contributed by atoms with van der Waals surface area (Å²) in [6.07, 6.45) is 3.65. The number of sulfonamides is 1. The number of carbonyl (C=O) groups is 1. The number of piperidine rings is 1. The Bertz CT molecular complexity index is 974. The summed E-state index contributed by atoms with van der Waals surface area (Å²) in [6, 6.07) is 10.9. The van der Waals surface area contributed by atoms with Gasteiger partial charge in [-0.15, -0.1) is 0 Å². The maximum Gasteiger partial charge on any atom is 0.243 e. The second-order valence-electron chi connectivity index (χ2n) is 7.44. The van der Waals surface area contributed by atoms with Gasteiger partial charge in [0.1, 0.15) is 5.82 Å². The molecule has 1 fully saturated rings. The minimum Gasteiger partial charge on any atom is -0.378 e. The maximum absolute atomic E-state index is 13.6. The Morgan fingerprint density at radius 1 is 1.17 bits per heavy atom. The predicted molar refractivity (Wildman–Crippen MR) is 112 cm³/mol. The lowest BCUT2D eigenvalue weighted by molar-refractivity contribution is 0.101. The average Bonchev–Trinajstić information content (AvgIpc) is 2.74. The van der Waals surface area contributed by atoms with Crippen molar-refractivity contribution in [1.82, 2.24) is 4.31 Å². The van der Waals surface area contributed by atoms with Crippen molar-refractivity contribution in [2.24, 2.45) is 0 Å². The van der Waals surface area contributed by atoms with Crippen molar-refractivity contribution in [1.29, 1.82) is 0 Å². The highest BCUT2D eigenvalue weighted by Gasteiger charge is 2.32. The van der Waals surface area contributed by atoms with Gasteiger partial charge in [-0.25, -0.2) is 12.8 Å². The van der Waals surface area contributed by atoms with Crippen molar-refractivity contribution < 1.29 is 17.6 Å². The molecule has 1 atom stereocenters. The summed E-state index contributed by atoms with van der Waals surface area (Å²) < 4.78 is 41.2. The number of carbonyl (C=O) groups excluding carboxylic acids is 1. The van der Waals surface area contributed by atoms with E-state index in [4.69, 9.17) is 0 Å². The molecular formula is C22H27FN2O3S. The number of nitrogens with one attached hydrogen (secondary N) is 1. The molecule has 0 aliphatic carbocycles. The van der Waals surface area contributed by atoms with Crippen LogP contribution in [0, 0.1) is 12.7 Å². The monoisotopic (exact) mass is 418 g/mol. The lowest BCUT2D eigenvalue weighted by Gasteiger charge is -2.34. The maximum atomic E-state index is 13.6. The quantitative estimate of drug-likeness (QED) is 0.678. The van der Waals surface area contributed by atoms with E-state index in [2.05, 4.69) is 5.32 Å². The number of ketones is 1. The Morgan fingerprint density at radius 3 is 2.55 bits per heavy atom. The molecule has 1 aliphatic rings. The van der Waals surface area contributed by atoms with Gasteiger partial charge in [-0.2, -0.15) is 4.31 Å². The third-order valence-corrected chi connectivity index (χ3v) is 7.42. The molecule has 0 saturated carbocycles. The molecule has 156 valence electrons. The van der Waals surface area contributed by atoms with Crippen LogP contribution in [0.2, 0.25) is 0 Å². The highest BCUT2D eigenvalue weighted by molar-refractivity contribution is 7.89. The number of anilines is 1. The van der Waals surface area contributed by atoms with Crippen LogP contribution in [0.5, 0.6) is 0 Å². The van der Waals surface area contributed by atoms with E-state index in [9.17, 15) is 17.6 Å². The van der Waals surface area contributed by atoms with Gasteiger partial charge in [0.25, 0.3) is 0 Å². The fourth-order valence-electron chi connectivity index (χ4n) is 3.63. The largest absolute Gasteiger partial charge is 0.378 e. The van der Waals surface area contributed by atoms with Gasteiger partial charge in [0.05, 0.1) is 11.4 Å².